The molecule has 0 spiro atoms. The number of carbonyl (C=O) groups is 1. The number of piperidine rings is 1. The van der Waals surface area contributed by atoms with E-state index in [0.717, 1.165) is 42.0 Å². The van der Waals surface area contributed by atoms with Crippen molar-refractivity contribution in [1.29, 1.82) is 0 Å². The molecule has 2 atom stereocenters. The Morgan fingerprint density at radius 1 is 1.16 bits per heavy atom. The number of nitrogens with zero attached hydrogens (tertiary/aromatic N) is 3. The van der Waals surface area contributed by atoms with Crippen LogP contribution < -0.4 is 15.1 Å². The van der Waals surface area contributed by atoms with E-state index in [1.165, 1.54) is 12.5 Å². The number of fused-ring (bicyclic) bond motifs is 5. The number of nitro groups is 1. The van der Waals surface area contributed by atoms with Crippen LogP contribution in [-0.4, -0.2) is 30.5 Å². The zero-order chi connectivity index (χ0) is 21.5. The number of hydrogen-bond donors (Lipinski definition) is 1. The van der Waals surface area contributed by atoms with Crippen molar-refractivity contribution in [3.8, 4) is 0 Å². The molecule has 3 heterocycles. The molecule has 1 N–H and O–H groups in total. The number of amides is 1. The van der Waals surface area contributed by atoms with Gasteiger partial charge < -0.3 is 19.5 Å². The molecule has 3 aromatic rings. The highest BCUT2D eigenvalue weighted by molar-refractivity contribution is 5.94. The molecule has 158 valence electrons. The molecule has 31 heavy (non-hydrogen) atoms. The van der Waals surface area contributed by atoms with Crippen LogP contribution in [0.4, 0.5) is 22.7 Å². The first-order chi connectivity index (χ1) is 15.0. The second kappa shape index (κ2) is 7.46. The van der Waals surface area contributed by atoms with Crippen molar-refractivity contribution >= 4 is 28.7 Å². The van der Waals surface area contributed by atoms with Gasteiger partial charge in [0.05, 0.1) is 34.2 Å². The Morgan fingerprint density at radius 3 is 2.77 bits per heavy atom. The average Bonchev–Trinajstić information content (AvgIpc) is 3.30. The number of nitro benzene ring substituents is 1. The number of carbonyl (C=O) groups excluding carboxylic acids is 1. The minimum atomic E-state index is -0.361. The molecule has 0 unspecified atom stereocenters. The Bertz CT molecular complexity index is 1140. The van der Waals surface area contributed by atoms with Crippen molar-refractivity contribution in [3.05, 3.63) is 82.3 Å². The highest BCUT2D eigenvalue weighted by atomic mass is 16.6. The van der Waals surface area contributed by atoms with Crippen LogP contribution >= 0.6 is 0 Å². The molecule has 2 aromatic carbocycles. The van der Waals surface area contributed by atoms with Crippen LogP contribution in [0.2, 0.25) is 0 Å². The monoisotopic (exact) mass is 418 g/mol. The van der Waals surface area contributed by atoms with Crippen molar-refractivity contribution in [3.63, 3.8) is 0 Å². The third kappa shape index (κ3) is 3.30. The molecule has 8 heteroatoms. The highest BCUT2D eigenvalue weighted by Gasteiger charge is 2.36. The van der Waals surface area contributed by atoms with E-state index < -0.39 is 0 Å². The zero-order valence-corrected chi connectivity index (χ0v) is 17.0. The van der Waals surface area contributed by atoms with E-state index in [1.807, 2.05) is 36.2 Å². The van der Waals surface area contributed by atoms with E-state index in [4.69, 9.17) is 4.42 Å². The zero-order valence-electron chi connectivity index (χ0n) is 17.0. The maximum atomic E-state index is 12.5. The summed E-state index contributed by atoms with van der Waals surface area (Å²) < 4.78 is 5.03. The lowest BCUT2D eigenvalue weighted by Crippen LogP contribution is -2.46. The van der Waals surface area contributed by atoms with Gasteiger partial charge in [0.1, 0.15) is 6.26 Å². The van der Waals surface area contributed by atoms with Gasteiger partial charge in [0.25, 0.3) is 11.6 Å². The lowest BCUT2D eigenvalue weighted by atomic mass is 9.90. The predicted molar refractivity (Wildman–Crippen MR) is 117 cm³/mol. The van der Waals surface area contributed by atoms with Crippen LogP contribution in [0.3, 0.4) is 0 Å². The van der Waals surface area contributed by atoms with Gasteiger partial charge in [0.2, 0.25) is 0 Å². The van der Waals surface area contributed by atoms with Gasteiger partial charge in [-0.25, -0.2) is 0 Å². The SMILES string of the molecule is CN1c2ccccc2[C@@H]2C[C@@H](NC(=O)c3ccoc3)CCN2c2ccc([N+](=O)[O-])cc21. The molecule has 1 aromatic heterocycles. The van der Waals surface area contributed by atoms with E-state index in [-0.39, 0.29) is 28.6 Å². The molecule has 0 radical (unpaired) electrons. The standard InChI is InChI=1S/C23H22N4O4/c1-25-19-5-3-2-4-18(19)21-12-16(24-23(28)15-9-11-31-14-15)8-10-26(21)20-7-6-17(27(29)30)13-22(20)25/h2-7,9,11,13-14,16,21H,8,10,12H2,1H3,(H,24,28)/t16-,21-/m0/s1. The first-order valence-corrected chi connectivity index (χ1v) is 10.2. The topological polar surface area (TPSA) is 91.9 Å². The Morgan fingerprint density at radius 2 is 2.00 bits per heavy atom. The number of para-hydroxylation sites is 1. The molecule has 2 aliphatic rings. The van der Waals surface area contributed by atoms with Crippen LogP contribution in [0.1, 0.15) is 34.8 Å². The first kappa shape index (κ1) is 19.2. The Kier molecular flexibility index (Phi) is 4.62. The summed E-state index contributed by atoms with van der Waals surface area (Å²) in [6.07, 6.45) is 4.46. The van der Waals surface area contributed by atoms with E-state index in [0.29, 0.717) is 5.56 Å². The molecule has 0 aliphatic carbocycles. The summed E-state index contributed by atoms with van der Waals surface area (Å²) in [7, 11) is 1.94. The average molecular weight is 418 g/mol. The number of nitrogens with one attached hydrogen (secondary N) is 1. The molecule has 1 fully saturated rings. The van der Waals surface area contributed by atoms with E-state index in [1.54, 1.807) is 18.2 Å². The van der Waals surface area contributed by atoms with Gasteiger partial charge in [-0.05, 0) is 36.6 Å². The molecular weight excluding hydrogens is 396 g/mol. The minimum absolute atomic E-state index is 0.0154. The summed E-state index contributed by atoms with van der Waals surface area (Å²) >= 11 is 0. The maximum absolute atomic E-state index is 12.5. The largest absolute Gasteiger partial charge is 0.472 e. The molecule has 1 amide bonds. The van der Waals surface area contributed by atoms with E-state index >= 15 is 0 Å². The Labute approximate surface area is 179 Å². The summed E-state index contributed by atoms with van der Waals surface area (Å²) in [5, 5.41) is 14.5. The van der Waals surface area contributed by atoms with Crippen molar-refractivity contribution in [2.24, 2.45) is 0 Å². The van der Waals surface area contributed by atoms with Crippen molar-refractivity contribution in [2.45, 2.75) is 24.9 Å². The smallest absolute Gasteiger partial charge is 0.271 e. The summed E-state index contributed by atoms with van der Waals surface area (Å²) in [4.78, 5) is 27.9. The van der Waals surface area contributed by atoms with Crippen molar-refractivity contribution in [1.82, 2.24) is 5.32 Å². The number of non-ortho nitro benzene ring substituents is 1. The number of furan rings is 1. The summed E-state index contributed by atoms with van der Waals surface area (Å²) in [5.74, 6) is -0.137. The second-order valence-electron chi connectivity index (χ2n) is 7.96. The van der Waals surface area contributed by atoms with E-state index in [9.17, 15) is 14.9 Å². The second-order valence-corrected chi connectivity index (χ2v) is 7.96. The number of anilines is 3. The number of benzene rings is 2. The quantitative estimate of drug-likeness (QED) is 0.500. The van der Waals surface area contributed by atoms with Gasteiger partial charge in [0.15, 0.2) is 0 Å². The summed E-state index contributed by atoms with van der Waals surface area (Å²) in [5.41, 5.74) is 4.52. The fraction of sp³-hybridized carbons (Fsp3) is 0.261. The molecular formula is C23H22N4O4. The van der Waals surface area contributed by atoms with Gasteiger partial charge in [-0.2, -0.15) is 0 Å². The van der Waals surface area contributed by atoms with Crippen molar-refractivity contribution < 1.29 is 14.1 Å². The van der Waals surface area contributed by atoms with Gasteiger partial charge in [-0.3, -0.25) is 14.9 Å². The maximum Gasteiger partial charge on any atom is 0.271 e. The van der Waals surface area contributed by atoms with Gasteiger partial charge in [-0.1, -0.05) is 18.2 Å². The van der Waals surface area contributed by atoms with Crippen LogP contribution in [0.15, 0.2) is 65.5 Å². The predicted octanol–water partition coefficient (Wildman–Crippen LogP) is 4.41. The fourth-order valence-corrected chi connectivity index (χ4v) is 4.68. The first-order valence-electron chi connectivity index (χ1n) is 10.2. The molecule has 8 nitrogen and oxygen atoms in total. The summed E-state index contributed by atoms with van der Waals surface area (Å²) in [6.45, 7) is 0.730. The lowest BCUT2D eigenvalue weighted by molar-refractivity contribution is -0.384. The van der Waals surface area contributed by atoms with Crippen LogP contribution in [-0.2, 0) is 0 Å². The Hall–Kier alpha value is -3.81. The van der Waals surface area contributed by atoms with Crippen molar-refractivity contribution in [2.75, 3.05) is 23.4 Å². The van der Waals surface area contributed by atoms with Crippen LogP contribution in [0, 0.1) is 10.1 Å². The fourth-order valence-electron chi connectivity index (χ4n) is 4.68. The molecule has 5 rings (SSSR count). The lowest BCUT2D eigenvalue weighted by Gasteiger charge is -2.41. The third-order valence-electron chi connectivity index (χ3n) is 6.22. The highest BCUT2D eigenvalue weighted by Crippen LogP contribution is 2.48. The Balaban J connectivity index is 1.52. The minimum Gasteiger partial charge on any atom is -0.472 e. The molecule has 0 saturated carbocycles. The third-order valence-corrected chi connectivity index (χ3v) is 6.22. The van der Waals surface area contributed by atoms with Gasteiger partial charge in [0, 0.05) is 37.5 Å². The molecule has 1 saturated heterocycles. The normalized spacial score (nSPS) is 19.6. The van der Waals surface area contributed by atoms with Crippen LogP contribution in [0.25, 0.3) is 0 Å². The van der Waals surface area contributed by atoms with Gasteiger partial charge in [-0.15, -0.1) is 0 Å². The molecule has 2 aliphatic heterocycles. The number of rotatable bonds is 3. The number of hydrogen-bond acceptors (Lipinski definition) is 6. The van der Waals surface area contributed by atoms with E-state index in [2.05, 4.69) is 16.3 Å². The van der Waals surface area contributed by atoms with Crippen LogP contribution in [0.5, 0.6) is 0 Å². The van der Waals surface area contributed by atoms with Gasteiger partial charge >= 0.3 is 0 Å². The summed E-state index contributed by atoms with van der Waals surface area (Å²) in [6, 6.07) is 14.9. The molecule has 0 bridgehead atoms.